The van der Waals surface area contributed by atoms with Gasteiger partial charge < -0.3 is 10.5 Å². The van der Waals surface area contributed by atoms with Gasteiger partial charge in [0.2, 0.25) is 0 Å². The minimum absolute atomic E-state index is 0.0482. The summed E-state index contributed by atoms with van der Waals surface area (Å²) in [4.78, 5) is 0. The van der Waals surface area contributed by atoms with Gasteiger partial charge in [-0.2, -0.15) is 0 Å². The number of nitrogens with two attached hydrogens (primary N) is 1. The molecular weight excluding hydrogens is 314 g/mol. The summed E-state index contributed by atoms with van der Waals surface area (Å²) in [7, 11) is 1.68. The van der Waals surface area contributed by atoms with E-state index < -0.39 is 0 Å². The Labute approximate surface area is 129 Å². The van der Waals surface area contributed by atoms with Gasteiger partial charge in [-0.25, -0.2) is 0 Å². The van der Waals surface area contributed by atoms with Gasteiger partial charge in [0.25, 0.3) is 0 Å². The van der Waals surface area contributed by atoms with Crippen molar-refractivity contribution in [1.82, 2.24) is 0 Å². The lowest BCUT2D eigenvalue weighted by Crippen LogP contribution is -2.12. The van der Waals surface area contributed by atoms with Crippen LogP contribution in [-0.2, 0) is 6.42 Å². The summed E-state index contributed by atoms with van der Waals surface area (Å²) >= 11 is 3.60. The summed E-state index contributed by atoms with van der Waals surface area (Å²) in [5.74, 6) is 0.888. The normalized spacial score (nSPS) is 12.2. The van der Waals surface area contributed by atoms with Crippen molar-refractivity contribution in [2.24, 2.45) is 5.73 Å². The first kappa shape index (κ1) is 15.1. The van der Waals surface area contributed by atoms with E-state index in [4.69, 9.17) is 10.5 Å². The van der Waals surface area contributed by atoms with Crippen LogP contribution >= 0.6 is 15.9 Å². The maximum atomic E-state index is 6.30. The highest BCUT2D eigenvalue weighted by Gasteiger charge is 2.10. The van der Waals surface area contributed by atoms with E-state index in [1.54, 1.807) is 7.11 Å². The quantitative estimate of drug-likeness (QED) is 0.880. The SMILES string of the molecule is COc1ccc(CCC(N)c2ccc(C)cc2Br)cc1. The first-order chi connectivity index (χ1) is 9.60. The second kappa shape index (κ2) is 6.91. The minimum atomic E-state index is 0.0482. The Morgan fingerprint density at radius 1 is 1.15 bits per heavy atom. The van der Waals surface area contributed by atoms with Crippen molar-refractivity contribution in [3.63, 3.8) is 0 Å². The van der Waals surface area contributed by atoms with E-state index in [2.05, 4.69) is 53.2 Å². The van der Waals surface area contributed by atoms with E-state index in [0.717, 1.165) is 23.1 Å². The maximum absolute atomic E-state index is 6.30. The van der Waals surface area contributed by atoms with Crippen molar-refractivity contribution in [2.75, 3.05) is 7.11 Å². The Bertz CT molecular complexity index is 566. The zero-order valence-corrected chi connectivity index (χ0v) is 13.5. The zero-order valence-electron chi connectivity index (χ0n) is 11.9. The minimum Gasteiger partial charge on any atom is -0.497 e. The van der Waals surface area contributed by atoms with Gasteiger partial charge in [-0.1, -0.05) is 40.2 Å². The fraction of sp³-hybridized carbons (Fsp3) is 0.294. The lowest BCUT2D eigenvalue weighted by molar-refractivity contribution is 0.414. The van der Waals surface area contributed by atoms with Crippen LogP contribution in [0.1, 0.15) is 29.2 Å². The third kappa shape index (κ3) is 3.84. The van der Waals surface area contributed by atoms with Gasteiger partial charge in [0.15, 0.2) is 0 Å². The highest BCUT2D eigenvalue weighted by Crippen LogP contribution is 2.26. The molecule has 2 N–H and O–H groups in total. The Morgan fingerprint density at radius 3 is 2.45 bits per heavy atom. The summed E-state index contributed by atoms with van der Waals surface area (Å²) in [6.07, 6.45) is 1.89. The molecule has 0 fully saturated rings. The highest BCUT2D eigenvalue weighted by molar-refractivity contribution is 9.10. The monoisotopic (exact) mass is 333 g/mol. The van der Waals surface area contributed by atoms with Crippen LogP contribution in [0.2, 0.25) is 0 Å². The number of methoxy groups -OCH3 is 1. The molecule has 2 rings (SSSR count). The molecule has 3 heteroatoms. The fourth-order valence-electron chi connectivity index (χ4n) is 2.20. The third-order valence-corrected chi connectivity index (χ3v) is 4.15. The first-order valence-corrected chi connectivity index (χ1v) is 7.54. The van der Waals surface area contributed by atoms with Gasteiger partial charge >= 0.3 is 0 Å². The van der Waals surface area contributed by atoms with Crippen molar-refractivity contribution in [1.29, 1.82) is 0 Å². The van der Waals surface area contributed by atoms with E-state index >= 15 is 0 Å². The van der Waals surface area contributed by atoms with Crippen LogP contribution in [0, 0.1) is 6.92 Å². The Balaban J connectivity index is 1.98. The predicted octanol–water partition coefficient (Wildman–Crippen LogP) is 4.40. The van der Waals surface area contributed by atoms with Gasteiger partial charge in [0.05, 0.1) is 7.11 Å². The molecule has 1 unspecified atom stereocenters. The van der Waals surface area contributed by atoms with Gasteiger partial charge in [0.1, 0.15) is 5.75 Å². The smallest absolute Gasteiger partial charge is 0.118 e. The largest absolute Gasteiger partial charge is 0.497 e. The molecule has 0 saturated carbocycles. The molecule has 2 aromatic rings. The molecular formula is C17H20BrNO. The first-order valence-electron chi connectivity index (χ1n) is 6.74. The van der Waals surface area contributed by atoms with Crippen LogP contribution in [0.25, 0.3) is 0 Å². The van der Waals surface area contributed by atoms with Gasteiger partial charge in [-0.15, -0.1) is 0 Å². The van der Waals surface area contributed by atoms with Crippen molar-refractivity contribution < 1.29 is 4.74 Å². The second-order valence-corrected chi connectivity index (χ2v) is 5.87. The molecule has 1 atom stereocenters. The third-order valence-electron chi connectivity index (χ3n) is 3.46. The van der Waals surface area contributed by atoms with Crippen molar-refractivity contribution in [2.45, 2.75) is 25.8 Å². The molecule has 0 radical (unpaired) electrons. The Kier molecular flexibility index (Phi) is 5.21. The molecule has 20 heavy (non-hydrogen) atoms. The van der Waals surface area contributed by atoms with E-state index in [-0.39, 0.29) is 6.04 Å². The number of benzene rings is 2. The van der Waals surface area contributed by atoms with Gasteiger partial charge in [-0.3, -0.25) is 0 Å². The second-order valence-electron chi connectivity index (χ2n) is 5.02. The van der Waals surface area contributed by atoms with E-state index in [0.29, 0.717) is 0 Å². The van der Waals surface area contributed by atoms with E-state index in [1.807, 2.05) is 12.1 Å². The number of hydrogen-bond donors (Lipinski definition) is 1. The predicted molar refractivity (Wildman–Crippen MR) is 87.1 cm³/mol. The maximum Gasteiger partial charge on any atom is 0.118 e. The van der Waals surface area contributed by atoms with Crippen LogP contribution in [0.3, 0.4) is 0 Å². The summed E-state index contributed by atoms with van der Waals surface area (Å²) in [6.45, 7) is 2.08. The van der Waals surface area contributed by atoms with Gasteiger partial charge in [0, 0.05) is 10.5 Å². The average Bonchev–Trinajstić information content (AvgIpc) is 2.45. The molecule has 106 valence electrons. The van der Waals surface area contributed by atoms with Crippen molar-refractivity contribution in [3.8, 4) is 5.75 Å². The highest BCUT2D eigenvalue weighted by atomic mass is 79.9. The van der Waals surface area contributed by atoms with Crippen molar-refractivity contribution >= 4 is 15.9 Å². The van der Waals surface area contributed by atoms with Crippen LogP contribution in [-0.4, -0.2) is 7.11 Å². The summed E-state index contributed by atoms with van der Waals surface area (Å²) in [5.41, 5.74) is 9.99. The average molecular weight is 334 g/mol. The molecule has 2 nitrogen and oxygen atoms in total. The molecule has 0 bridgehead atoms. The number of halogens is 1. The summed E-state index contributed by atoms with van der Waals surface area (Å²) in [6, 6.07) is 14.5. The molecule has 0 aliphatic rings. The Morgan fingerprint density at radius 2 is 1.85 bits per heavy atom. The molecule has 0 aliphatic heterocycles. The lowest BCUT2D eigenvalue weighted by atomic mass is 9.99. The van der Waals surface area contributed by atoms with Gasteiger partial charge in [-0.05, 0) is 54.7 Å². The molecule has 2 aromatic carbocycles. The Hall–Kier alpha value is -1.32. The standard InChI is InChI=1S/C17H20BrNO/c1-12-3-9-15(16(18)11-12)17(19)10-6-13-4-7-14(20-2)8-5-13/h3-5,7-9,11,17H,6,10,19H2,1-2H3. The van der Waals surface area contributed by atoms with Crippen LogP contribution in [0.15, 0.2) is 46.9 Å². The van der Waals surface area contributed by atoms with Crippen LogP contribution in [0.5, 0.6) is 5.75 Å². The van der Waals surface area contributed by atoms with Crippen LogP contribution in [0.4, 0.5) is 0 Å². The number of hydrogen-bond acceptors (Lipinski definition) is 2. The summed E-state index contributed by atoms with van der Waals surface area (Å²) in [5, 5.41) is 0. The number of rotatable bonds is 5. The molecule has 0 heterocycles. The fourth-order valence-corrected chi connectivity index (χ4v) is 2.99. The molecule has 0 spiro atoms. The molecule has 0 aromatic heterocycles. The van der Waals surface area contributed by atoms with E-state index in [1.165, 1.54) is 16.7 Å². The number of ether oxygens (including phenoxy) is 1. The van der Waals surface area contributed by atoms with E-state index in [9.17, 15) is 0 Å². The molecule has 0 aliphatic carbocycles. The molecule has 0 amide bonds. The topological polar surface area (TPSA) is 35.2 Å². The lowest BCUT2D eigenvalue weighted by Gasteiger charge is -2.14. The van der Waals surface area contributed by atoms with Crippen LogP contribution < -0.4 is 10.5 Å². The zero-order chi connectivity index (χ0) is 14.5. The molecule has 0 saturated heterocycles. The van der Waals surface area contributed by atoms with Crippen molar-refractivity contribution in [3.05, 3.63) is 63.6 Å². The number of aryl methyl sites for hydroxylation is 2. The summed E-state index contributed by atoms with van der Waals surface area (Å²) < 4.78 is 6.26.